The molecule has 2 heteroatoms. The molecular formula is C12H13N2. The zero-order chi connectivity index (χ0) is 10.0. The van der Waals surface area contributed by atoms with Crippen molar-refractivity contribution in [2.75, 3.05) is 0 Å². The zero-order valence-electron chi connectivity index (χ0n) is 8.41. The van der Waals surface area contributed by atoms with Crippen molar-refractivity contribution in [3.05, 3.63) is 53.9 Å². The average molecular weight is 185 g/mol. The molecule has 0 aliphatic rings. The van der Waals surface area contributed by atoms with Crippen molar-refractivity contribution in [2.45, 2.75) is 19.3 Å². The van der Waals surface area contributed by atoms with Crippen LogP contribution >= 0.6 is 0 Å². The first-order chi connectivity index (χ1) is 6.71. The maximum Gasteiger partial charge on any atom is 0.0801 e. The van der Waals surface area contributed by atoms with Crippen molar-refractivity contribution < 1.29 is 0 Å². The number of nitrogens with one attached hydrogen (secondary N) is 1. The van der Waals surface area contributed by atoms with Gasteiger partial charge in [-0.2, -0.15) is 5.10 Å². The molecule has 0 atom stereocenters. The Balaban J connectivity index is 2.43. The summed E-state index contributed by atoms with van der Waals surface area (Å²) in [6.07, 6.45) is 1.74. The molecule has 0 aliphatic carbocycles. The summed E-state index contributed by atoms with van der Waals surface area (Å²) in [6.45, 7) is 4.30. The maximum atomic E-state index is 4.18. The molecule has 2 aromatic rings. The predicted molar refractivity (Wildman–Crippen MR) is 56.0 cm³/mol. The molecular weight excluding hydrogens is 172 g/mol. The third-order valence-corrected chi connectivity index (χ3v) is 2.54. The summed E-state index contributed by atoms with van der Waals surface area (Å²) >= 11 is 0. The molecule has 0 fully saturated rings. The first-order valence-electron chi connectivity index (χ1n) is 4.69. The van der Waals surface area contributed by atoms with Crippen LogP contribution in [0.1, 0.15) is 25.1 Å². The second kappa shape index (κ2) is 3.29. The van der Waals surface area contributed by atoms with Crippen molar-refractivity contribution in [2.24, 2.45) is 0 Å². The zero-order valence-corrected chi connectivity index (χ0v) is 8.41. The quantitative estimate of drug-likeness (QED) is 0.765. The van der Waals surface area contributed by atoms with Crippen molar-refractivity contribution in [1.82, 2.24) is 10.2 Å². The molecule has 0 aliphatic heterocycles. The predicted octanol–water partition coefficient (Wildman–Crippen LogP) is 2.54. The highest BCUT2D eigenvalue weighted by Gasteiger charge is 2.24. The van der Waals surface area contributed by atoms with E-state index in [0.29, 0.717) is 0 Å². The Morgan fingerprint density at radius 1 is 1.21 bits per heavy atom. The first-order valence-corrected chi connectivity index (χ1v) is 4.69. The Bertz CT molecular complexity index is 388. The van der Waals surface area contributed by atoms with Gasteiger partial charge in [-0.15, -0.1) is 0 Å². The van der Waals surface area contributed by atoms with Crippen LogP contribution in [0, 0.1) is 6.07 Å². The highest BCUT2D eigenvalue weighted by Crippen LogP contribution is 2.28. The minimum absolute atomic E-state index is 0.0821. The number of aromatic amines is 1. The number of aromatic nitrogens is 2. The maximum absolute atomic E-state index is 4.18. The molecule has 1 aromatic carbocycles. The van der Waals surface area contributed by atoms with Gasteiger partial charge < -0.3 is 0 Å². The standard InChI is InChI=1S/C12H13N2/c1-12(2,11-8-9-13-14-11)10-6-4-3-5-7-10/h3-7,9H,1-2H3,(H,13,14). The Hall–Kier alpha value is -1.57. The van der Waals surface area contributed by atoms with Gasteiger partial charge in [0.05, 0.1) is 5.69 Å². The molecule has 0 amide bonds. The van der Waals surface area contributed by atoms with Crippen LogP contribution in [0.15, 0.2) is 36.5 Å². The molecule has 0 spiro atoms. The van der Waals surface area contributed by atoms with Crippen molar-refractivity contribution in [3.63, 3.8) is 0 Å². The lowest BCUT2D eigenvalue weighted by Crippen LogP contribution is -2.19. The molecule has 2 rings (SSSR count). The summed E-state index contributed by atoms with van der Waals surface area (Å²) in [6, 6.07) is 13.4. The molecule has 0 unspecified atom stereocenters. The van der Waals surface area contributed by atoms with Gasteiger partial charge in [-0.05, 0) is 5.56 Å². The number of rotatable bonds is 2. The third-order valence-electron chi connectivity index (χ3n) is 2.54. The second-order valence-corrected chi connectivity index (χ2v) is 3.87. The molecule has 1 radical (unpaired) electrons. The fourth-order valence-electron chi connectivity index (χ4n) is 1.54. The van der Waals surface area contributed by atoms with E-state index < -0.39 is 0 Å². The summed E-state index contributed by atoms with van der Waals surface area (Å²) in [5, 5.41) is 6.98. The van der Waals surface area contributed by atoms with E-state index >= 15 is 0 Å². The van der Waals surface area contributed by atoms with Gasteiger partial charge in [-0.3, -0.25) is 5.10 Å². The third kappa shape index (κ3) is 1.43. The van der Waals surface area contributed by atoms with Crippen LogP contribution < -0.4 is 0 Å². The summed E-state index contributed by atoms with van der Waals surface area (Å²) in [4.78, 5) is 0. The summed E-state index contributed by atoms with van der Waals surface area (Å²) in [5.74, 6) is 0. The van der Waals surface area contributed by atoms with Gasteiger partial charge in [-0.1, -0.05) is 44.2 Å². The van der Waals surface area contributed by atoms with E-state index in [1.54, 1.807) is 6.20 Å². The number of hydrogen-bond acceptors (Lipinski definition) is 1. The van der Waals surface area contributed by atoms with Crippen molar-refractivity contribution >= 4 is 0 Å². The molecule has 2 nitrogen and oxygen atoms in total. The Morgan fingerprint density at radius 2 is 1.93 bits per heavy atom. The van der Waals surface area contributed by atoms with Crippen LogP contribution in [-0.4, -0.2) is 10.2 Å². The minimum Gasteiger partial charge on any atom is -0.285 e. The Kier molecular flexibility index (Phi) is 2.12. The van der Waals surface area contributed by atoms with E-state index in [0.717, 1.165) is 5.69 Å². The fourth-order valence-corrected chi connectivity index (χ4v) is 1.54. The molecule has 71 valence electrons. The van der Waals surface area contributed by atoms with Crippen LogP contribution in [-0.2, 0) is 5.41 Å². The normalized spacial score (nSPS) is 11.6. The van der Waals surface area contributed by atoms with E-state index in [1.165, 1.54) is 5.56 Å². The largest absolute Gasteiger partial charge is 0.285 e. The van der Waals surface area contributed by atoms with Crippen LogP contribution in [0.25, 0.3) is 0 Å². The smallest absolute Gasteiger partial charge is 0.0801 e. The van der Waals surface area contributed by atoms with Crippen LogP contribution in [0.4, 0.5) is 0 Å². The molecule has 0 saturated heterocycles. The van der Waals surface area contributed by atoms with Gasteiger partial charge in [0.15, 0.2) is 0 Å². The molecule has 14 heavy (non-hydrogen) atoms. The Labute approximate surface area is 84.0 Å². The van der Waals surface area contributed by atoms with Gasteiger partial charge in [0.2, 0.25) is 0 Å². The van der Waals surface area contributed by atoms with E-state index in [9.17, 15) is 0 Å². The van der Waals surface area contributed by atoms with Gasteiger partial charge in [0.25, 0.3) is 0 Å². The molecule has 0 bridgehead atoms. The van der Waals surface area contributed by atoms with E-state index in [-0.39, 0.29) is 5.41 Å². The topological polar surface area (TPSA) is 28.7 Å². The van der Waals surface area contributed by atoms with E-state index in [4.69, 9.17) is 0 Å². The van der Waals surface area contributed by atoms with Gasteiger partial charge in [0, 0.05) is 17.7 Å². The fraction of sp³-hybridized carbons (Fsp3) is 0.250. The lowest BCUT2D eigenvalue weighted by molar-refractivity contribution is 0.613. The van der Waals surface area contributed by atoms with Gasteiger partial charge in [0.1, 0.15) is 0 Å². The molecule has 1 aromatic heterocycles. The van der Waals surface area contributed by atoms with Crippen LogP contribution in [0.3, 0.4) is 0 Å². The number of H-pyrrole nitrogens is 1. The van der Waals surface area contributed by atoms with E-state index in [1.807, 2.05) is 18.2 Å². The SMILES string of the molecule is CC(C)(c1ccccc1)c1[c]c[nH]n1. The monoisotopic (exact) mass is 185 g/mol. The molecule has 1 N–H and O–H groups in total. The number of benzene rings is 1. The minimum atomic E-state index is -0.0821. The van der Waals surface area contributed by atoms with E-state index in [2.05, 4.69) is 42.2 Å². The molecule has 0 saturated carbocycles. The Morgan fingerprint density at radius 3 is 2.50 bits per heavy atom. The summed E-state index contributed by atoms with van der Waals surface area (Å²) < 4.78 is 0. The average Bonchev–Trinajstić information content (AvgIpc) is 2.72. The lowest BCUT2D eigenvalue weighted by atomic mass is 9.82. The summed E-state index contributed by atoms with van der Waals surface area (Å²) in [7, 11) is 0. The van der Waals surface area contributed by atoms with Gasteiger partial charge >= 0.3 is 0 Å². The van der Waals surface area contributed by atoms with Crippen LogP contribution in [0.5, 0.6) is 0 Å². The second-order valence-electron chi connectivity index (χ2n) is 3.87. The molecule has 1 heterocycles. The lowest BCUT2D eigenvalue weighted by Gasteiger charge is -2.22. The summed E-state index contributed by atoms with van der Waals surface area (Å²) in [5.41, 5.74) is 2.12. The number of nitrogens with zero attached hydrogens (tertiary/aromatic N) is 1. The van der Waals surface area contributed by atoms with Crippen molar-refractivity contribution in [3.8, 4) is 0 Å². The van der Waals surface area contributed by atoms with Crippen molar-refractivity contribution in [1.29, 1.82) is 0 Å². The highest BCUT2D eigenvalue weighted by atomic mass is 15.1. The van der Waals surface area contributed by atoms with Gasteiger partial charge in [-0.25, -0.2) is 0 Å². The van der Waals surface area contributed by atoms with Crippen LogP contribution in [0.2, 0.25) is 0 Å². The number of hydrogen-bond donors (Lipinski definition) is 1. The highest BCUT2D eigenvalue weighted by molar-refractivity contribution is 5.32. The first kappa shape index (κ1) is 9.00.